The Hall–Kier alpha value is -1.36. The molecule has 0 aliphatic carbocycles. The summed E-state index contributed by atoms with van der Waals surface area (Å²) in [5.41, 5.74) is 0.831. The summed E-state index contributed by atoms with van der Waals surface area (Å²) in [6.45, 7) is 12.3. The van der Waals surface area contributed by atoms with Gasteiger partial charge in [0, 0.05) is 18.3 Å². The molecule has 108 valence electrons. The van der Waals surface area contributed by atoms with Crippen molar-refractivity contribution in [2.24, 2.45) is 5.92 Å². The number of nitrogens with zero attached hydrogens (tertiary/aromatic N) is 2. The van der Waals surface area contributed by atoms with Gasteiger partial charge >= 0.3 is 0 Å². The highest BCUT2D eigenvalue weighted by Gasteiger charge is 2.14. The first kappa shape index (κ1) is 15.7. The van der Waals surface area contributed by atoms with Gasteiger partial charge in [-0.2, -0.15) is 0 Å². The highest BCUT2D eigenvalue weighted by atomic mass is 16.2. The van der Waals surface area contributed by atoms with E-state index in [0.29, 0.717) is 12.5 Å². The van der Waals surface area contributed by atoms with Crippen LogP contribution in [0.2, 0.25) is 0 Å². The van der Waals surface area contributed by atoms with Crippen LogP contribution < -0.4 is 10.6 Å². The van der Waals surface area contributed by atoms with Gasteiger partial charge in [-0.3, -0.25) is 4.79 Å². The van der Waals surface area contributed by atoms with E-state index in [0.717, 1.165) is 18.8 Å². The third-order valence-electron chi connectivity index (χ3n) is 2.49. The quantitative estimate of drug-likeness (QED) is 0.821. The molecule has 1 aromatic heterocycles. The molecule has 1 aromatic rings. The van der Waals surface area contributed by atoms with Gasteiger partial charge in [-0.05, 0) is 33.2 Å². The Morgan fingerprint density at radius 3 is 2.68 bits per heavy atom. The second-order valence-electron chi connectivity index (χ2n) is 6.34. The highest BCUT2D eigenvalue weighted by molar-refractivity contribution is 5.76. The molecule has 0 bridgehead atoms. The molecule has 2 N–H and O–H groups in total. The first-order valence-corrected chi connectivity index (χ1v) is 6.78. The molecule has 0 saturated heterocycles. The summed E-state index contributed by atoms with van der Waals surface area (Å²) in [7, 11) is 0. The molecule has 1 rings (SSSR count). The molecule has 5 heteroatoms. The number of amides is 1. The molecule has 1 amide bonds. The third-order valence-corrected chi connectivity index (χ3v) is 2.49. The van der Waals surface area contributed by atoms with Gasteiger partial charge in [0.1, 0.15) is 6.54 Å². The molecule has 0 spiro atoms. The lowest BCUT2D eigenvalue weighted by Gasteiger charge is -2.21. The summed E-state index contributed by atoms with van der Waals surface area (Å²) >= 11 is 0. The molecule has 5 nitrogen and oxygen atoms in total. The summed E-state index contributed by atoms with van der Waals surface area (Å²) in [6.07, 6.45) is 3.51. The maximum atomic E-state index is 11.9. The van der Waals surface area contributed by atoms with Crippen molar-refractivity contribution in [3.05, 3.63) is 18.2 Å². The number of rotatable bonds is 6. The molecule has 0 radical (unpaired) electrons. The standard InChI is InChI=1S/C14H26N4O/c1-11(2)6-15-7-12-8-16-10-18(12)9-13(19)17-14(3,4)5/h8,10-11,15H,6-7,9H2,1-5H3,(H,17,19). The summed E-state index contributed by atoms with van der Waals surface area (Å²) < 4.78 is 1.88. The van der Waals surface area contributed by atoms with Crippen molar-refractivity contribution in [3.63, 3.8) is 0 Å². The molecule has 0 fully saturated rings. The van der Waals surface area contributed by atoms with E-state index in [1.54, 1.807) is 12.5 Å². The first-order valence-electron chi connectivity index (χ1n) is 6.78. The molecule has 19 heavy (non-hydrogen) atoms. The summed E-state index contributed by atoms with van der Waals surface area (Å²) in [4.78, 5) is 16.0. The Balaban J connectivity index is 2.50. The van der Waals surface area contributed by atoms with Crippen LogP contribution in [0, 0.1) is 5.92 Å². The van der Waals surface area contributed by atoms with Gasteiger partial charge in [-0.1, -0.05) is 13.8 Å². The lowest BCUT2D eigenvalue weighted by molar-refractivity contribution is -0.123. The predicted octanol–water partition coefficient (Wildman–Crippen LogP) is 1.54. The van der Waals surface area contributed by atoms with E-state index in [-0.39, 0.29) is 11.4 Å². The molecule has 0 aliphatic rings. The molecular weight excluding hydrogens is 240 g/mol. The maximum Gasteiger partial charge on any atom is 0.240 e. The monoisotopic (exact) mass is 266 g/mol. The SMILES string of the molecule is CC(C)CNCc1cncn1CC(=O)NC(C)(C)C. The zero-order valence-electron chi connectivity index (χ0n) is 12.7. The average Bonchev–Trinajstić information content (AvgIpc) is 2.62. The van der Waals surface area contributed by atoms with E-state index in [9.17, 15) is 4.79 Å². The fourth-order valence-corrected chi connectivity index (χ4v) is 1.74. The lowest BCUT2D eigenvalue weighted by atomic mass is 10.1. The van der Waals surface area contributed by atoms with Crippen LogP contribution in [0.4, 0.5) is 0 Å². The molecule has 1 heterocycles. The predicted molar refractivity (Wildman–Crippen MR) is 76.7 cm³/mol. The summed E-state index contributed by atoms with van der Waals surface area (Å²) in [5, 5.41) is 6.31. The fourth-order valence-electron chi connectivity index (χ4n) is 1.74. The molecule has 0 aliphatic heterocycles. The van der Waals surface area contributed by atoms with Gasteiger partial charge < -0.3 is 15.2 Å². The molecule has 0 atom stereocenters. The summed E-state index contributed by atoms with van der Waals surface area (Å²) in [6, 6.07) is 0. The zero-order valence-corrected chi connectivity index (χ0v) is 12.7. The van der Waals surface area contributed by atoms with E-state index < -0.39 is 0 Å². The highest BCUT2D eigenvalue weighted by Crippen LogP contribution is 2.02. The van der Waals surface area contributed by atoms with Gasteiger partial charge in [0.25, 0.3) is 0 Å². The van der Waals surface area contributed by atoms with E-state index in [2.05, 4.69) is 29.5 Å². The van der Waals surface area contributed by atoms with Crippen LogP contribution in [0.3, 0.4) is 0 Å². The largest absolute Gasteiger partial charge is 0.350 e. The summed E-state index contributed by atoms with van der Waals surface area (Å²) in [5.74, 6) is 0.621. The molecule has 0 aromatic carbocycles. The first-order chi connectivity index (χ1) is 8.78. The van der Waals surface area contributed by atoms with Crippen molar-refractivity contribution in [2.45, 2.75) is 53.2 Å². The minimum absolute atomic E-state index is 0.00982. The topological polar surface area (TPSA) is 59.0 Å². The van der Waals surface area contributed by atoms with Crippen LogP contribution in [0.5, 0.6) is 0 Å². The van der Waals surface area contributed by atoms with Crippen LogP contribution in [-0.2, 0) is 17.9 Å². The molecule has 0 unspecified atom stereocenters. The Morgan fingerprint density at radius 2 is 2.11 bits per heavy atom. The number of nitrogens with one attached hydrogen (secondary N) is 2. The smallest absolute Gasteiger partial charge is 0.240 e. The number of hydrogen-bond donors (Lipinski definition) is 2. The van der Waals surface area contributed by atoms with Crippen LogP contribution in [0.15, 0.2) is 12.5 Å². The van der Waals surface area contributed by atoms with Crippen molar-refractivity contribution in [2.75, 3.05) is 6.54 Å². The second-order valence-corrected chi connectivity index (χ2v) is 6.34. The number of carbonyl (C=O) groups is 1. The van der Waals surface area contributed by atoms with E-state index in [4.69, 9.17) is 0 Å². The lowest BCUT2D eigenvalue weighted by Crippen LogP contribution is -2.42. The van der Waals surface area contributed by atoms with Crippen molar-refractivity contribution < 1.29 is 4.79 Å². The number of hydrogen-bond acceptors (Lipinski definition) is 3. The number of imidazole rings is 1. The number of aromatic nitrogens is 2. The van der Waals surface area contributed by atoms with E-state index in [1.807, 2.05) is 25.3 Å². The van der Waals surface area contributed by atoms with Crippen LogP contribution >= 0.6 is 0 Å². The Labute approximate surface area is 115 Å². The van der Waals surface area contributed by atoms with Gasteiger partial charge in [0.15, 0.2) is 0 Å². The van der Waals surface area contributed by atoms with Crippen molar-refractivity contribution in [1.29, 1.82) is 0 Å². The second kappa shape index (κ2) is 6.70. The maximum absolute atomic E-state index is 11.9. The van der Waals surface area contributed by atoms with Crippen molar-refractivity contribution >= 4 is 5.91 Å². The van der Waals surface area contributed by atoms with Gasteiger partial charge in [0.2, 0.25) is 5.91 Å². The Kier molecular flexibility index (Phi) is 5.54. The fraction of sp³-hybridized carbons (Fsp3) is 0.714. The van der Waals surface area contributed by atoms with E-state index in [1.165, 1.54) is 0 Å². The van der Waals surface area contributed by atoms with E-state index >= 15 is 0 Å². The Morgan fingerprint density at radius 1 is 1.42 bits per heavy atom. The minimum atomic E-state index is -0.201. The number of carbonyl (C=O) groups excluding carboxylic acids is 1. The van der Waals surface area contributed by atoms with Crippen LogP contribution in [0.1, 0.15) is 40.3 Å². The Bertz CT molecular complexity index is 404. The van der Waals surface area contributed by atoms with Gasteiger partial charge in [0.05, 0.1) is 12.0 Å². The van der Waals surface area contributed by atoms with Crippen molar-refractivity contribution in [3.8, 4) is 0 Å². The van der Waals surface area contributed by atoms with Crippen LogP contribution in [-0.4, -0.2) is 27.5 Å². The third kappa shape index (κ3) is 6.38. The van der Waals surface area contributed by atoms with Gasteiger partial charge in [-0.15, -0.1) is 0 Å². The van der Waals surface area contributed by atoms with Crippen molar-refractivity contribution in [1.82, 2.24) is 20.2 Å². The normalized spacial score (nSPS) is 11.9. The van der Waals surface area contributed by atoms with Crippen LogP contribution in [0.25, 0.3) is 0 Å². The molecular formula is C14H26N4O. The van der Waals surface area contributed by atoms with Gasteiger partial charge in [-0.25, -0.2) is 4.98 Å². The molecule has 0 saturated carbocycles. The zero-order chi connectivity index (χ0) is 14.5. The minimum Gasteiger partial charge on any atom is -0.350 e. The average molecular weight is 266 g/mol.